The van der Waals surface area contributed by atoms with Crippen LogP contribution in [0.3, 0.4) is 0 Å². The lowest BCUT2D eigenvalue weighted by molar-refractivity contribution is 0.982. The molecule has 0 aliphatic rings. The first-order valence-corrected chi connectivity index (χ1v) is 4.18. The summed E-state index contributed by atoms with van der Waals surface area (Å²) in [6.07, 6.45) is 5.99. The van der Waals surface area contributed by atoms with Crippen molar-refractivity contribution in [3.8, 4) is 12.3 Å². The fourth-order valence-electron chi connectivity index (χ4n) is 0.595. The maximum absolute atomic E-state index is 5.06. The molecule has 0 bridgehead atoms. The Morgan fingerprint density at radius 2 is 2.45 bits per heavy atom. The Morgan fingerprint density at radius 1 is 1.64 bits per heavy atom. The Hall–Kier alpha value is -1.08. The molecule has 0 spiro atoms. The molecule has 0 radical (unpaired) electrons. The van der Waals surface area contributed by atoms with Gasteiger partial charge in [-0.15, -0.1) is 16.6 Å². The van der Waals surface area contributed by atoms with Gasteiger partial charge in [-0.05, 0) is 6.42 Å². The van der Waals surface area contributed by atoms with E-state index in [0.29, 0.717) is 6.54 Å². The zero-order chi connectivity index (χ0) is 8.10. The van der Waals surface area contributed by atoms with Crippen LogP contribution < -0.4 is 5.32 Å². The highest BCUT2D eigenvalue weighted by Gasteiger charge is 1.98. The van der Waals surface area contributed by atoms with Crippen LogP contribution in [0.1, 0.15) is 11.9 Å². The zero-order valence-electron chi connectivity index (χ0n) is 6.29. The fraction of sp³-hybridized carbons (Fsp3) is 0.429. The molecule has 0 saturated heterocycles. The third-order valence-electron chi connectivity index (χ3n) is 1.11. The molecule has 3 nitrogen and oxygen atoms in total. The highest BCUT2D eigenvalue weighted by Crippen LogP contribution is 2.14. The maximum atomic E-state index is 5.06. The third-order valence-corrected chi connectivity index (χ3v) is 2.14. The second-order valence-corrected chi connectivity index (χ2v) is 2.97. The predicted octanol–water partition coefficient (Wildman–Crippen LogP) is 1.15. The Kier molecular flexibility index (Phi) is 2.87. The lowest BCUT2D eigenvalue weighted by Crippen LogP contribution is -1.96. The van der Waals surface area contributed by atoms with E-state index in [1.807, 2.05) is 6.92 Å². The number of terminal acetylenes is 1. The van der Waals surface area contributed by atoms with Crippen molar-refractivity contribution in [2.45, 2.75) is 13.3 Å². The first-order valence-electron chi connectivity index (χ1n) is 3.36. The zero-order valence-corrected chi connectivity index (χ0v) is 7.11. The molecule has 11 heavy (non-hydrogen) atoms. The molecular formula is C7H9N3S. The fourth-order valence-corrected chi connectivity index (χ4v) is 1.27. The number of nitrogens with zero attached hydrogens (tertiary/aromatic N) is 2. The van der Waals surface area contributed by atoms with Crippen molar-refractivity contribution in [3.05, 3.63) is 5.01 Å². The summed E-state index contributed by atoms with van der Waals surface area (Å²) < 4.78 is 0. The minimum absolute atomic E-state index is 0.512. The molecule has 1 aromatic heterocycles. The minimum Gasteiger partial charge on any atom is -0.349 e. The van der Waals surface area contributed by atoms with E-state index in [1.54, 1.807) is 11.3 Å². The van der Waals surface area contributed by atoms with E-state index < -0.39 is 0 Å². The van der Waals surface area contributed by atoms with Crippen molar-refractivity contribution in [1.29, 1.82) is 0 Å². The SMILES string of the molecule is C#CCNc1nnc(CC)s1. The van der Waals surface area contributed by atoms with Crippen LogP contribution in [-0.2, 0) is 6.42 Å². The van der Waals surface area contributed by atoms with Crippen LogP contribution in [0.25, 0.3) is 0 Å². The van der Waals surface area contributed by atoms with Crippen molar-refractivity contribution in [3.63, 3.8) is 0 Å². The topological polar surface area (TPSA) is 37.8 Å². The lowest BCUT2D eigenvalue weighted by atomic mass is 10.5. The Bertz CT molecular complexity index is 261. The summed E-state index contributed by atoms with van der Waals surface area (Å²) in [5, 5.41) is 12.6. The second kappa shape index (κ2) is 3.94. The molecule has 0 aliphatic heterocycles. The molecule has 1 rings (SSSR count). The average molecular weight is 167 g/mol. The van der Waals surface area contributed by atoms with Crippen LogP contribution in [0.4, 0.5) is 5.13 Å². The quantitative estimate of drug-likeness (QED) is 0.686. The number of anilines is 1. The summed E-state index contributed by atoms with van der Waals surface area (Å²) in [6.45, 7) is 2.56. The van der Waals surface area contributed by atoms with Crippen molar-refractivity contribution in [2.75, 3.05) is 11.9 Å². The van der Waals surface area contributed by atoms with E-state index in [1.165, 1.54) is 0 Å². The Morgan fingerprint density at radius 3 is 3.00 bits per heavy atom. The lowest BCUT2D eigenvalue weighted by Gasteiger charge is -1.90. The van der Waals surface area contributed by atoms with Gasteiger partial charge in [0.15, 0.2) is 0 Å². The largest absolute Gasteiger partial charge is 0.349 e. The molecule has 0 unspecified atom stereocenters. The summed E-state index contributed by atoms with van der Waals surface area (Å²) >= 11 is 1.54. The first kappa shape index (κ1) is 8.02. The van der Waals surface area contributed by atoms with Gasteiger partial charge in [0.2, 0.25) is 5.13 Å². The van der Waals surface area contributed by atoms with E-state index in [9.17, 15) is 0 Å². The van der Waals surface area contributed by atoms with Gasteiger partial charge in [-0.1, -0.05) is 24.2 Å². The molecule has 0 aliphatic carbocycles. The normalized spacial score (nSPS) is 9.09. The number of nitrogens with one attached hydrogen (secondary N) is 1. The predicted molar refractivity (Wildman–Crippen MR) is 46.6 cm³/mol. The second-order valence-electron chi connectivity index (χ2n) is 1.91. The van der Waals surface area contributed by atoms with E-state index in [-0.39, 0.29) is 0 Å². The molecule has 0 saturated carbocycles. The van der Waals surface area contributed by atoms with E-state index in [2.05, 4.69) is 21.4 Å². The molecule has 0 amide bonds. The molecule has 0 atom stereocenters. The molecular weight excluding hydrogens is 158 g/mol. The van der Waals surface area contributed by atoms with E-state index in [4.69, 9.17) is 6.42 Å². The summed E-state index contributed by atoms with van der Waals surface area (Å²) in [7, 11) is 0. The third kappa shape index (κ3) is 2.20. The molecule has 4 heteroatoms. The Balaban J connectivity index is 2.53. The number of rotatable bonds is 3. The molecule has 1 heterocycles. The van der Waals surface area contributed by atoms with Gasteiger partial charge in [-0.2, -0.15) is 0 Å². The van der Waals surface area contributed by atoms with Gasteiger partial charge in [-0.3, -0.25) is 0 Å². The molecule has 0 aromatic carbocycles. The van der Waals surface area contributed by atoms with E-state index >= 15 is 0 Å². The van der Waals surface area contributed by atoms with Crippen LogP contribution in [-0.4, -0.2) is 16.7 Å². The van der Waals surface area contributed by atoms with Crippen molar-refractivity contribution < 1.29 is 0 Å². The van der Waals surface area contributed by atoms with Crippen LogP contribution in [0.15, 0.2) is 0 Å². The van der Waals surface area contributed by atoms with Crippen molar-refractivity contribution >= 4 is 16.5 Å². The summed E-state index contributed by atoms with van der Waals surface area (Å²) in [6, 6.07) is 0. The molecule has 0 fully saturated rings. The molecule has 1 aromatic rings. The van der Waals surface area contributed by atoms with Crippen molar-refractivity contribution in [2.24, 2.45) is 0 Å². The van der Waals surface area contributed by atoms with Crippen LogP contribution >= 0.6 is 11.3 Å². The summed E-state index contributed by atoms with van der Waals surface area (Å²) in [5.41, 5.74) is 0. The molecule has 1 N–H and O–H groups in total. The number of hydrogen-bond acceptors (Lipinski definition) is 4. The van der Waals surface area contributed by atoms with Crippen molar-refractivity contribution in [1.82, 2.24) is 10.2 Å². The minimum atomic E-state index is 0.512. The van der Waals surface area contributed by atoms with Gasteiger partial charge in [-0.25, -0.2) is 0 Å². The van der Waals surface area contributed by atoms with Gasteiger partial charge in [0.25, 0.3) is 0 Å². The molecule has 58 valence electrons. The average Bonchev–Trinajstić information content (AvgIpc) is 2.48. The van der Waals surface area contributed by atoms with Gasteiger partial charge in [0, 0.05) is 0 Å². The highest BCUT2D eigenvalue weighted by atomic mass is 32.1. The number of aromatic nitrogens is 2. The van der Waals surface area contributed by atoms with E-state index in [0.717, 1.165) is 16.6 Å². The summed E-state index contributed by atoms with van der Waals surface area (Å²) in [5.74, 6) is 2.47. The smallest absolute Gasteiger partial charge is 0.206 e. The maximum Gasteiger partial charge on any atom is 0.206 e. The van der Waals surface area contributed by atoms with Gasteiger partial charge in [0.05, 0.1) is 6.54 Å². The van der Waals surface area contributed by atoms with Gasteiger partial charge >= 0.3 is 0 Å². The highest BCUT2D eigenvalue weighted by molar-refractivity contribution is 7.15. The standard InChI is InChI=1S/C7H9N3S/c1-3-5-8-7-10-9-6(4-2)11-7/h1H,4-5H2,2H3,(H,8,10). The first-order chi connectivity index (χ1) is 5.36. The number of aryl methyl sites for hydroxylation is 1. The van der Waals surface area contributed by atoms with Crippen LogP contribution in [0.2, 0.25) is 0 Å². The summed E-state index contributed by atoms with van der Waals surface area (Å²) in [4.78, 5) is 0. The van der Waals surface area contributed by atoms with Crippen LogP contribution in [0.5, 0.6) is 0 Å². The van der Waals surface area contributed by atoms with Gasteiger partial charge in [0.1, 0.15) is 5.01 Å². The Labute approximate surface area is 69.9 Å². The monoisotopic (exact) mass is 167 g/mol. The van der Waals surface area contributed by atoms with Crippen LogP contribution in [0, 0.1) is 12.3 Å². The number of hydrogen-bond donors (Lipinski definition) is 1. The van der Waals surface area contributed by atoms with Gasteiger partial charge < -0.3 is 5.32 Å².